The van der Waals surface area contributed by atoms with Gasteiger partial charge in [-0.2, -0.15) is 0 Å². The molecule has 0 unspecified atom stereocenters. The third kappa shape index (κ3) is 2.73. The van der Waals surface area contributed by atoms with Crippen LogP contribution in [0.15, 0.2) is 60.8 Å². The van der Waals surface area contributed by atoms with Gasteiger partial charge in [-0.3, -0.25) is 9.89 Å². The summed E-state index contributed by atoms with van der Waals surface area (Å²) in [4.78, 5) is 16.9. The van der Waals surface area contributed by atoms with Crippen LogP contribution >= 0.6 is 0 Å². The second-order valence-electron chi connectivity index (χ2n) is 6.86. The predicted molar refractivity (Wildman–Crippen MR) is 106 cm³/mol. The Hall–Kier alpha value is -3.58. The molecule has 1 amide bonds. The second-order valence-corrected chi connectivity index (χ2v) is 6.86. The van der Waals surface area contributed by atoms with Gasteiger partial charge in [-0.25, -0.2) is 9.50 Å². The Kier molecular flexibility index (Phi) is 3.87. The Morgan fingerprint density at radius 1 is 1.07 bits per heavy atom. The number of hydrogen-bond acceptors (Lipinski definition) is 4. The van der Waals surface area contributed by atoms with Crippen molar-refractivity contribution in [1.82, 2.24) is 19.9 Å². The number of rotatable bonds is 5. The van der Waals surface area contributed by atoms with E-state index in [1.54, 1.807) is 4.52 Å². The number of para-hydroxylation sites is 1. The molecule has 7 nitrogen and oxygen atoms in total. The predicted octanol–water partition coefficient (Wildman–Crippen LogP) is 2.91. The number of imidazole rings is 1. The Bertz CT molecular complexity index is 1140. The number of fused-ring (bicyclic) bond motifs is 1. The highest BCUT2D eigenvalue weighted by Gasteiger charge is 2.27. The van der Waals surface area contributed by atoms with Gasteiger partial charge < -0.3 is 15.8 Å². The average molecular weight is 373 g/mol. The molecular formula is C21H19N5O2. The molecule has 3 heterocycles. The summed E-state index contributed by atoms with van der Waals surface area (Å²) in [6.07, 6.45) is 1.90. The number of aromatic amines is 1. The van der Waals surface area contributed by atoms with Crippen molar-refractivity contribution in [1.29, 1.82) is 0 Å². The second kappa shape index (κ2) is 6.54. The monoisotopic (exact) mass is 373 g/mol. The van der Waals surface area contributed by atoms with Gasteiger partial charge in [-0.05, 0) is 36.4 Å². The van der Waals surface area contributed by atoms with E-state index in [2.05, 4.69) is 10.4 Å². The molecule has 2 aromatic carbocycles. The van der Waals surface area contributed by atoms with Crippen LogP contribution in [0.5, 0.6) is 11.5 Å². The highest BCUT2D eigenvalue weighted by Crippen LogP contribution is 2.31. The summed E-state index contributed by atoms with van der Waals surface area (Å²) in [7, 11) is 0. The number of amides is 1. The normalized spacial score (nSPS) is 14.1. The maximum atomic E-state index is 12.1. The van der Waals surface area contributed by atoms with Crippen LogP contribution in [-0.2, 0) is 0 Å². The lowest BCUT2D eigenvalue weighted by Gasteiger charge is -2.25. The Balaban J connectivity index is 1.52. The quantitative estimate of drug-likeness (QED) is 0.501. The molecule has 1 fully saturated rings. The van der Waals surface area contributed by atoms with Crippen molar-refractivity contribution < 1.29 is 9.53 Å². The fourth-order valence-corrected chi connectivity index (χ4v) is 3.48. The molecule has 1 saturated heterocycles. The van der Waals surface area contributed by atoms with Gasteiger partial charge in [0.1, 0.15) is 17.2 Å². The number of primary amides is 1. The number of hydrogen-bond donors (Lipinski definition) is 3. The first-order valence-corrected chi connectivity index (χ1v) is 9.14. The fourth-order valence-electron chi connectivity index (χ4n) is 3.48. The van der Waals surface area contributed by atoms with Crippen LogP contribution < -0.4 is 15.8 Å². The molecule has 0 bridgehead atoms. The largest absolute Gasteiger partial charge is 0.457 e. The number of carbonyl (C=O) groups is 1. The number of benzene rings is 2. The van der Waals surface area contributed by atoms with Crippen LogP contribution in [0.1, 0.15) is 22.0 Å². The molecular weight excluding hydrogens is 354 g/mol. The Labute approximate surface area is 161 Å². The Morgan fingerprint density at radius 3 is 2.43 bits per heavy atom. The number of aromatic nitrogens is 3. The summed E-state index contributed by atoms with van der Waals surface area (Å²) < 4.78 is 7.51. The van der Waals surface area contributed by atoms with Gasteiger partial charge in [0, 0.05) is 36.3 Å². The van der Waals surface area contributed by atoms with Gasteiger partial charge in [0.2, 0.25) is 0 Å². The molecule has 4 N–H and O–H groups in total. The third-order valence-electron chi connectivity index (χ3n) is 5.05. The zero-order valence-corrected chi connectivity index (χ0v) is 15.1. The van der Waals surface area contributed by atoms with Crippen molar-refractivity contribution in [2.24, 2.45) is 5.73 Å². The molecule has 0 spiro atoms. The van der Waals surface area contributed by atoms with Gasteiger partial charge in [-0.1, -0.05) is 18.2 Å². The van der Waals surface area contributed by atoms with Crippen LogP contribution in [0.3, 0.4) is 0 Å². The first kappa shape index (κ1) is 16.6. The van der Waals surface area contributed by atoms with Gasteiger partial charge in [0.05, 0.1) is 0 Å². The standard InChI is InChI=1S/C21H19N5O2/c22-20(27)19-18(25-21-17(12-24-26(19)21)14-10-23-11-14)13-6-8-16(9-7-13)28-15-4-2-1-3-5-15/h1-9,12,14,23-24H,10-11H2,(H2,22,27). The van der Waals surface area contributed by atoms with E-state index in [1.807, 2.05) is 60.8 Å². The van der Waals surface area contributed by atoms with Crippen molar-refractivity contribution in [2.75, 3.05) is 13.1 Å². The minimum atomic E-state index is -0.521. The lowest BCUT2D eigenvalue weighted by molar-refractivity contribution is 0.0994. The van der Waals surface area contributed by atoms with E-state index in [1.165, 1.54) is 0 Å². The molecule has 0 atom stereocenters. The number of nitrogens with one attached hydrogen (secondary N) is 2. The number of nitrogens with two attached hydrogens (primary N) is 1. The van der Waals surface area contributed by atoms with Gasteiger partial charge in [0.25, 0.3) is 5.91 Å². The summed E-state index contributed by atoms with van der Waals surface area (Å²) in [5.74, 6) is 1.35. The minimum absolute atomic E-state index is 0.352. The van der Waals surface area contributed by atoms with E-state index < -0.39 is 5.91 Å². The number of H-pyrrole nitrogens is 1. The maximum absolute atomic E-state index is 12.1. The van der Waals surface area contributed by atoms with Crippen LogP contribution in [-0.4, -0.2) is 33.6 Å². The average Bonchev–Trinajstić information content (AvgIpc) is 3.22. The molecule has 4 aromatic rings. The number of nitrogens with zero attached hydrogens (tertiary/aromatic N) is 2. The summed E-state index contributed by atoms with van der Waals surface area (Å²) >= 11 is 0. The lowest BCUT2D eigenvalue weighted by Crippen LogP contribution is -2.39. The fraction of sp³-hybridized carbons (Fsp3) is 0.143. The van der Waals surface area contributed by atoms with Crippen molar-refractivity contribution in [3.8, 4) is 22.8 Å². The van der Waals surface area contributed by atoms with E-state index in [4.69, 9.17) is 15.5 Å². The van der Waals surface area contributed by atoms with Crippen LogP contribution in [0, 0.1) is 0 Å². The molecule has 1 aliphatic heterocycles. The van der Waals surface area contributed by atoms with Crippen molar-refractivity contribution in [3.05, 3.63) is 72.1 Å². The zero-order chi connectivity index (χ0) is 19.1. The molecule has 0 aliphatic carbocycles. The van der Waals surface area contributed by atoms with Crippen molar-refractivity contribution in [2.45, 2.75) is 5.92 Å². The lowest BCUT2D eigenvalue weighted by atomic mass is 9.96. The highest BCUT2D eigenvalue weighted by molar-refractivity contribution is 5.98. The Morgan fingerprint density at radius 2 is 1.79 bits per heavy atom. The first-order chi connectivity index (χ1) is 13.7. The molecule has 0 radical (unpaired) electrons. The SMILES string of the molecule is NC(=O)c1c(-c2ccc(Oc3ccccc3)cc2)nc2c(C3CNC3)c[nH]n12. The van der Waals surface area contributed by atoms with Crippen LogP contribution in [0.25, 0.3) is 16.9 Å². The van der Waals surface area contributed by atoms with Gasteiger partial charge in [0.15, 0.2) is 11.3 Å². The maximum Gasteiger partial charge on any atom is 0.269 e. The summed E-state index contributed by atoms with van der Waals surface area (Å²) in [5.41, 5.74) is 9.24. The zero-order valence-electron chi connectivity index (χ0n) is 15.1. The molecule has 0 saturated carbocycles. The highest BCUT2D eigenvalue weighted by atomic mass is 16.5. The number of carbonyl (C=O) groups excluding carboxylic acids is 1. The van der Waals surface area contributed by atoms with E-state index in [0.29, 0.717) is 23.1 Å². The van der Waals surface area contributed by atoms with E-state index in [9.17, 15) is 4.79 Å². The van der Waals surface area contributed by atoms with Gasteiger partial charge in [-0.15, -0.1) is 0 Å². The topological polar surface area (TPSA) is 97.4 Å². The van der Waals surface area contributed by atoms with Crippen molar-refractivity contribution in [3.63, 3.8) is 0 Å². The molecule has 5 rings (SSSR count). The molecule has 28 heavy (non-hydrogen) atoms. The van der Waals surface area contributed by atoms with Gasteiger partial charge >= 0.3 is 0 Å². The van der Waals surface area contributed by atoms with E-state index >= 15 is 0 Å². The first-order valence-electron chi connectivity index (χ1n) is 9.14. The van der Waals surface area contributed by atoms with Crippen LogP contribution in [0.4, 0.5) is 0 Å². The molecule has 2 aromatic heterocycles. The third-order valence-corrected chi connectivity index (χ3v) is 5.05. The van der Waals surface area contributed by atoms with Crippen LogP contribution in [0.2, 0.25) is 0 Å². The molecule has 140 valence electrons. The molecule has 1 aliphatic rings. The van der Waals surface area contributed by atoms with Crippen molar-refractivity contribution >= 4 is 11.6 Å². The molecule has 7 heteroatoms. The van der Waals surface area contributed by atoms with E-state index in [0.717, 1.165) is 35.6 Å². The smallest absolute Gasteiger partial charge is 0.269 e. The summed E-state index contributed by atoms with van der Waals surface area (Å²) in [5, 5.41) is 6.38. The van der Waals surface area contributed by atoms with E-state index in [-0.39, 0.29) is 0 Å². The summed E-state index contributed by atoms with van der Waals surface area (Å²) in [6, 6.07) is 17.1. The number of ether oxygens (including phenoxy) is 1. The summed E-state index contributed by atoms with van der Waals surface area (Å²) in [6.45, 7) is 1.82. The minimum Gasteiger partial charge on any atom is -0.457 e.